The van der Waals surface area contributed by atoms with E-state index in [0.29, 0.717) is 11.6 Å². The second-order valence-electron chi connectivity index (χ2n) is 4.99. The van der Waals surface area contributed by atoms with E-state index in [1.54, 1.807) is 14.2 Å². The van der Waals surface area contributed by atoms with Crippen LogP contribution in [-0.2, 0) is 12.8 Å². The number of halogens is 1. The predicted molar refractivity (Wildman–Crippen MR) is 97.3 cm³/mol. The van der Waals surface area contributed by atoms with Gasteiger partial charge in [0.2, 0.25) is 5.75 Å². The zero-order valence-corrected chi connectivity index (χ0v) is 15.9. The number of benzene rings is 1. The molecule has 0 bridgehead atoms. The molecule has 0 unspecified atom stereocenters. The number of hydrogen-bond donors (Lipinski definition) is 0. The summed E-state index contributed by atoms with van der Waals surface area (Å²) in [5.74, 6) is 1.09. The number of aryl methyl sites for hydroxylation is 2. The number of methoxy groups -OCH3 is 2. The van der Waals surface area contributed by atoms with E-state index < -0.39 is 0 Å². The van der Waals surface area contributed by atoms with Gasteiger partial charge < -0.3 is 9.47 Å². The summed E-state index contributed by atoms with van der Waals surface area (Å²) < 4.78 is 11.6. The topological polar surface area (TPSA) is 44.2 Å². The van der Waals surface area contributed by atoms with E-state index in [-0.39, 0.29) is 0 Å². The molecule has 2 rings (SSSR count). The van der Waals surface area contributed by atoms with Crippen molar-refractivity contribution in [1.82, 2.24) is 9.97 Å². The van der Waals surface area contributed by atoms with Crippen molar-refractivity contribution in [2.24, 2.45) is 0 Å². The molecule has 0 aliphatic heterocycles. The summed E-state index contributed by atoms with van der Waals surface area (Å²) in [5.41, 5.74) is 2.11. The normalized spacial score (nSPS) is 9.78. The molecule has 1 aromatic carbocycles. The first kappa shape index (κ1) is 19.4. The zero-order valence-electron chi connectivity index (χ0n) is 14.3. The number of ether oxygens (including phenoxy) is 2. The standard InChI is InChI=1S/C14H15BrN2O2.C4H10/c1-18-13-12(16-9-17-14(13)19-2)8-5-10-3-6-11(15)7-4-10;1-3-4-2/h3-4,6-7,9H,5,8H2,1-2H3;3-4H2,1-2H3. The molecule has 0 aliphatic carbocycles. The average Bonchev–Trinajstić information content (AvgIpc) is 2.60. The van der Waals surface area contributed by atoms with Gasteiger partial charge in [0.05, 0.1) is 19.9 Å². The molecular weight excluding hydrogens is 356 g/mol. The minimum atomic E-state index is 0.475. The summed E-state index contributed by atoms with van der Waals surface area (Å²) in [5, 5.41) is 0. The van der Waals surface area contributed by atoms with E-state index in [0.717, 1.165) is 23.0 Å². The van der Waals surface area contributed by atoms with Crippen molar-refractivity contribution < 1.29 is 9.47 Å². The van der Waals surface area contributed by atoms with Crippen molar-refractivity contribution in [3.63, 3.8) is 0 Å². The maximum absolute atomic E-state index is 5.32. The van der Waals surface area contributed by atoms with Gasteiger partial charge in [0.15, 0.2) is 0 Å². The molecule has 1 aromatic heterocycles. The summed E-state index contributed by atoms with van der Waals surface area (Å²) in [7, 11) is 3.17. The van der Waals surface area contributed by atoms with Crippen LogP contribution in [0.1, 0.15) is 37.9 Å². The summed E-state index contributed by atoms with van der Waals surface area (Å²) >= 11 is 3.43. The van der Waals surface area contributed by atoms with Crippen LogP contribution in [0.5, 0.6) is 11.6 Å². The third-order valence-electron chi connectivity index (χ3n) is 3.31. The number of rotatable bonds is 6. The first-order valence-electron chi connectivity index (χ1n) is 7.82. The van der Waals surface area contributed by atoms with Crippen LogP contribution in [0.4, 0.5) is 0 Å². The van der Waals surface area contributed by atoms with Gasteiger partial charge in [-0.3, -0.25) is 0 Å². The lowest BCUT2D eigenvalue weighted by atomic mass is 10.1. The van der Waals surface area contributed by atoms with Crippen LogP contribution < -0.4 is 9.47 Å². The van der Waals surface area contributed by atoms with E-state index in [1.165, 1.54) is 24.7 Å². The molecule has 4 nitrogen and oxygen atoms in total. The predicted octanol–water partition coefficient (Wildman–Crippen LogP) is 4.85. The van der Waals surface area contributed by atoms with Crippen LogP contribution in [0.15, 0.2) is 35.1 Å². The van der Waals surface area contributed by atoms with Crippen molar-refractivity contribution in [3.05, 3.63) is 46.3 Å². The smallest absolute Gasteiger partial charge is 0.260 e. The monoisotopic (exact) mass is 380 g/mol. The average molecular weight is 381 g/mol. The van der Waals surface area contributed by atoms with Crippen molar-refractivity contribution in [2.45, 2.75) is 39.5 Å². The third-order valence-corrected chi connectivity index (χ3v) is 3.83. The summed E-state index contributed by atoms with van der Waals surface area (Å²) in [4.78, 5) is 8.30. The Morgan fingerprint density at radius 2 is 1.57 bits per heavy atom. The minimum Gasteiger partial charge on any atom is -0.490 e. The van der Waals surface area contributed by atoms with Gasteiger partial charge in [-0.05, 0) is 30.5 Å². The molecule has 0 saturated heterocycles. The summed E-state index contributed by atoms with van der Waals surface area (Å²) in [6.45, 7) is 4.36. The first-order valence-corrected chi connectivity index (χ1v) is 8.61. The van der Waals surface area contributed by atoms with Crippen LogP contribution in [-0.4, -0.2) is 24.2 Å². The lowest BCUT2D eigenvalue weighted by Gasteiger charge is -2.10. The molecular formula is C18H25BrN2O2. The molecule has 23 heavy (non-hydrogen) atoms. The van der Waals surface area contributed by atoms with Gasteiger partial charge in [-0.15, -0.1) is 0 Å². The Balaban J connectivity index is 0.000000593. The minimum absolute atomic E-state index is 0.475. The number of hydrogen-bond acceptors (Lipinski definition) is 4. The fourth-order valence-corrected chi connectivity index (χ4v) is 2.10. The molecule has 5 heteroatoms. The third kappa shape index (κ3) is 6.57. The summed E-state index contributed by atoms with van der Waals surface area (Å²) in [6, 6.07) is 8.25. The maximum atomic E-state index is 5.32. The van der Waals surface area contributed by atoms with Gasteiger partial charge in [0, 0.05) is 4.47 Å². The Morgan fingerprint density at radius 3 is 2.09 bits per heavy atom. The molecule has 0 amide bonds. The van der Waals surface area contributed by atoms with Crippen LogP contribution in [0.25, 0.3) is 0 Å². The highest BCUT2D eigenvalue weighted by molar-refractivity contribution is 9.10. The highest BCUT2D eigenvalue weighted by Crippen LogP contribution is 2.27. The molecule has 0 radical (unpaired) electrons. The lowest BCUT2D eigenvalue weighted by molar-refractivity contribution is 0.337. The molecule has 0 saturated carbocycles. The van der Waals surface area contributed by atoms with Crippen LogP contribution >= 0.6 is 15.9 Å². The molecule has 0 fully saturated rings. The molecule has 0 atom stereocenters. The van der Waals surface area contributed by atoms with Crippen LogP contribution in [0.3, 0.4) is 0 Å². The second-order valence-corrected chi connectivity index (χ2v) is 5.91. The molecule has 126 valence electrons. The lowest BCUT2D eigenvalue weighted by Crippen LogP contribution is -2.02. The number of nitrogens with zero attached hydrogens (tertiary/aromatic N) is 2. The fraction of sp³-hybridized carbons (Fsp3) is 0.444. The maximum Gasteiger partial charge on any atom is 0.260 e. The highest BCUT2D eigenvalue weighted by atomic mass is 79.9. The van der Waals surface area contributed by atoms with Gasteiger partial charge in [0.25, 0.3) is 5.88 Å². The van der Waals surface area contributed by atoms with E-state index in [1.807, 2.05) is 12.1 Å². The van der Waals surface area contributed by atoms with E-state index in [9.17, 15) is 0 Å². The van der Waals surface area contributed by atoms with Gasteiger partial charge in [-0.1, -0.05) is 54.8 Å². The Hall–Kier alpha value is -1.62. The highest BCUT2D eigenvalue weighted by Gasteiger charge is 2.12. The van der Waals surface area contributed by atoms with E-state index in [2.05, 4.69) is 51.9 Å². The van der Waals surface area contributed by atoms with Gasteiger partial charge in [-0.2, -0.15) is 4.98 Å². The van der Waals surface area contributed by atoms with Crippen LogP contribution in [0.2, 0.25) is 0 Å². The molecule has 0 N–H and O–H groups in total. The largest absolute Gasteiger partial charge is 0.490 e. The Labute approximate surface area is 147 Å². The molecule has 0 aliphatic rings. The van der Waals surface area contributed by atoms with Crippen molar-refractivity contribution in [1.29, 1.82) is 0 Å². The van der Waals surface area contributed by atoms with E-state index >= 15 is 0 Å². The van der Waals surface area contributed by atoms with Crippen molar-refractivity contribution >= 4 is 15.9 Å². The Kier molecular flexibility index (Phi) is 9.29. The first-order chi connectivity index (χ1) is 11.2. The number of unbranched alkanes of at least 4 members (excludes halogenated alkanes) is 1. The SMILES string of the molecule is CCCC.COc1ncnc(CCc2ccc(Br)cc2)c1OC. The quantitative estimate of drug-likeness (QED) is 0.718. The Bertz CT molecular complexity index is 572. The Morgan fingerprint density at radius 1 is 0.913 bits per heavy atom. The zero-order chi connectivity index (χ0) is 17.1. The summed E-state index contributed by atoms with van der Waals surface area (Å²) in [6.07, 6.45) is 5.81. The number of aromatic nitrogens is 2. The van der Waals surface area contributed by atoms with Gasteiger partial charge in [-0.25, -0.2) is 4.98 Å². The van der Waals surface area contributed by atoms with Crippen molar-refractivity contribution in [3.8, 4) is 11.6 Å². The van der Waals surface area contributed by atoms with Gasteiger partial charge in [0.1, 0.15) is 6.33 Å². The molecule has 0 spiro atoms. The van der Waals surface area contributed by atoms with E-state index in [4.69, 9.17) is 9.47 Å². The van der Waals surface area contributed by atoms with Crippen LogP contribution in [0, 0.1) is 0 Å². The van der Waals surface area contributed by atoms with Gasteiger partial charge >= 0.3 is 0 Å². The molecule has 2 aromatic rings. The van der Waals surface area contributed by atoms with Crippen molar-refractivity contribution in [2.75, 3.05) is 14.2 Å². The second kappa shape index (κ2) is 11.0. The fourth-order valence-electron chi connectivity index (χ4n) is 1.83. The molecule has 1 heterocycles.